The molecule has 1 aromatic carbocycles. The molecule has 0 spiro atoms. The Labute approximate surface area is 135 Å². The highest BCUT2D eigenvalue weighted by Crippen LogP contribution is 2.30. The van der Waals surface area contributed by atoms with Gasteiger partial charge in [-0.3, -0.25) is 19.3 Å². The Morgan fingerprint density at radius 1 is 1.26 bits per heavy atom. The van der Waals surface area contributed by atoms with Crippen LogP contribution in [0.1, 0.15) is 38.7 Å². The zero-order valence-electron chi connectivity index (χ0n) is 13.6. The topological polar surface area (TPSA) is 72.9 Å². The van der Waals surface area contributed by atoms with E-state index < -0.39 is 11.9 Å². The van der Waals surface area contributed by atoms with Gasteiger partial charge in [0.1, 0.15) is 12.3 Å². The first-order valence-electron chi connectivity index (χ1n) is 7.68. The van der Waals surface area contributed by atoms with Crippen LogP contribution in [0.15, 0.2) is 24.3 Å². The quantitative estimate of drug-likeness (QED) is 0.591. The van der Waals surface area contributed by atoms with Gasteiger partial charge in [0.25, 0.3) is 0 Å². The molecule has 0 saturated carbocycles. The van der Waals surface area contributed by atoms with E-state index in [4.69, 9.17) is 9.47 Å². The third-order valence-corrected chi connectivity index (χ3v) is 3.49. The zero-order chi connectivity index (χ0) is 17.0. The second kappa shape index (κ2) is 7.26. The van der Waals surface area contributed by atoms with Crippen LogP contribution in [-0.4, -0.2) is 41.9 Å². The minimum Gasteiger partial charge on any atom is -0.491 e. The number of likely N-dealkylation sites (tertiary alicyclic amines) is 1. The lowest BCUT2D eigenvalue weighted by Gasteiger charge is -2.14. The van der Waals surface area contributed by atoms with Crippen LogP contribution >= 0.6 is 0 Å². The number of hydrogen-bond acceptors (Lipinski definition) is 5. The van der Waals surface area contributed by atoms with Gasteiger partial charge in [0.2, 0.25) is 11.8 Å². The molecular weight excluding hydrogens is 298 g/mol. The van der Waals surface area contributed by atoms with Gasteiger partial charge in [-0.25, -0.2) is 0 Å². The number of nitrogens with zero attached hydrogens (tertiary/aromatic N) is 1. The standard InChI is InChI=1S/C17H21NO5/c1-4-22-16(20)10-18-15(19)9-14(17(18)21)12-5-7-13(8-6-12)23-11(2)3/h5-8,11,14H,4,9-10H2,1-3H3/t14-/m0/s1. The van der Waals surface area contributed by atoms with Crippen molar-refractivity contribution < 1.29 is 23.9 Å². The fourth-order valence-corrected chi connectivity index (χ4v) is 2.50. The molecule has 1 aromatic rings. The third kappa shape index (κ3) is 4.09. The highest BCUT2D eigenvalue weighted by molar-refractivity contribution is 6.07. The second-order valence-corrected chi connectivity index (χ2v) is 5.62. The summed E-state index contributed by atoms with van der Waals surface area (Å²) in [5.74, 6) is -1.12. The van der Waals surface area contributed by atoms with E-state index in [9.17, 15) is 14.4 Å². The predicted octanol–water partition coefficient (Wildman–Crippen LogP) is 1.88. The molecule has 6 nitrogen and oxygen atoms in total. The number of rotatable bonds is 6. The Kier molecular flexibility index (Phi) is 5.36. The van der Waals surface area contributed by atoms with Crippen LogP contribution in [0.5, 0.6) is 5.75 Å². The fraction of sp³-hybridized carbons (Fsp3) is 0.471. The van der Waals surface area contributed by atoms with Crippen molar-refractivity contribution in [2.45, 2.75) is 39.2 Å². The molecule has 1 heterocycles. The first-order valence-corrected chi connectivity index (χ1v) is 7.68. The zero-order valence-corrected chi connectivity index (χ0v) is 13.6. The predicted molar refractivity (Wildman–Crippen MR) is 82.9 cm³/mol. The molecule has 0 bridgehead atoms. The Morgan fingerprint density at radius 2 is 1.91 bits per heavy atom. The van der Waals surface area contributed by atoms with Crippen molar-refractivity contribution in [3.8, 4) is 5.75 Å². The smallest absolute Gasteiger partial charge is 0.326 e. The molecule has 1 saturated heterocycles. The molecule has 0 unspecified atom stereocenters. The minimum absolute atomic E-state index is 0.0654. The number of carbonyl (C=O) groups is 3. The van der Waals surface area contributed by atoms with Crippen molar-refractivity contribution in [2.24, 2.45) is 0 Å². The van der Waals surface area contributed by atoms with Crippen molar-refractivity contribution in [1.29, 1.82) is 0 Å². The molecule has 124 valence electrons. The molecule has 6 heteroatoms. The van der Waals surface area contributed by atoms with Crippen LogP contribution in [0.25, 0.3) is 0 Å². The van der Waals surface area contributed by atoms with Crippen molar-refractivity contribution in [3.05, 3.63) is 29.8 Å². The van der Waals surface area contributed by atoms with Crippen LogP contribution < -0.4 is 4.74 Å². The lowest BCUT2D eigenvalue weighted by Crippen LogP contribution is -2.36. The molecule has 2 rings (SSSR count). The van der Waals surface area contributed by atoms with E-state index in [1.807, 2.05) is 13.8 Å². The van der Waals surface area contributed by atoms with Gasteiger partial charge >= 0.3 is 5.97 Å². The second-order valence-electron chi connectivity index (χ2n) is 5.62. The highest BCUT2D eigenvalue weighted by atomic mass is 16.5. The molecule has 1 fully saturated rings. The SMILES string of the molecule is CCOC(=O)CN1C(=O)C[C@@H](c2ccc(OC(C)C)cc2)C1=O. The van der Waals surface area contributed by atoms with Crippen molar-refractivity contribution in [3.63, 3.8) is 0 Å². The third-order valence-electron chi connectivity index (χ3n) is 3.49. The van der Waals surface area contributed by atoms with E-state index in [-0.39, 0.29) is 37.5 Å². The van der Waals surface area contributed by atoms with Gasteiger partial charge in [-0.15, -0.1) is 0 Å². The average molecular weight is 319 g/mol. The van der Waals surface area contributed by atoms with Gasteiger partial charge in [0.05, 0.1) is 18.6 Å². The monoisotopic (exact) mass is 319 g/mol. The average Bonchev–Trinajstić information content (AvgIpc) is 2.76. The number of carbonyl (C=O) groups excluding carboxylic acids is 3. The van der Waals surface area contributed by atoms with Crippen LogP contribution in [0, 0.1) is 0 Å². The first-order chi connectivity index (χ1) is 10.9. The maximum atomic E-state index is 12.4. The molecule has 0 aromatic heterocycles. The number of imide groups is 1. The van der Waals surface area contributed by atoms with Crippen LogP contribution in [-0.2, 0) is 19.1 Å². The van der Waals surface area contributed by atoms with Crippen LogP contribution in [0.4, 0.5) is 0 Å². The van der Waals surface area contributed by atoms with Gasteiger partial charge in [-0.2, -0.15) is 0 Å². The summed E-state index contributed by atoms with van der Waals surface area (Å²) >= 11 is 0. The lowest BCUT2D eigenvalue weighted by atomic mass is 9.97. The lowest BCUT2D eigenvalue weighted by molar-refractivity contribution is -0.152. The minimum atomic E-state index is -0.574. The van der Waals surface area contributed by atoms with Crippen molar-refractivity contribution >= 4 is 17.8 Å². The summed E-state index contributed by atoms with van der Waals surface area (Å²) in [7, 11) is 0. The summed E-state index contributed by atoms with van der Waals surface area (Å²) < 4.78 is 10.3. The van der Waals surface area contributed by atoms with Gasteiger partial charge in [-0.1, -0.05) is 12.1 Å². The molecule has 23 heavy (non-hydrogen) atoms. The molecule has 0 aliphatic carbocycles. The van der Waals surface area contributed by atoms with E-state index in [0.29, 0.717) is 5.75 Å². The fourth-order valence-electron chi connectivity index (χ4n) is 2.50. The number of amides is 2. The van der Waals surface area contributed by atoms with Crippen molar-refractivity contribution in [1.82, 2.24) is 4.90 Å². The van der Waals surface area contributed by atoms with E-state index in [2.05, 4.69) is 0 Å². The summed E-state index contributed by atoms with van der Waals surface area (Å²) in [4.78, 5) is 36.8. The van der Waals surface area contributed by atoms with E-state index in [1.54, 1.807) is 31.2 Å². The highest BCUT2D eigenvalue weighted by Gasteiger charge is 2.40. The van der Waals surface area contributed by atoms with Gasteiger partial charge < -0.3 is 9.47 Å². The summed E-state index contributed by atoms with van der Waals surface area (Å²) in [5, 5.41) is 0. The maximum absolute atomic E-state index is 12.4. The van der Waals surface area contributed by atoms with E-state index >= 15 is 0 Å². The van der Waals surface area contributed by atoms with E-state index in [1.165, 1.54) is 0 Å². The van der Waals surface area contributed by atoms with Gasteiger partial charge in [0, 0.05) is 6.42 Å². The number of benzene rings is 1. The number of ether oxygens (including phenoxy) is 2. The Balaban J connectivity index is 2.08. The molecule has 0 radical (unpaired) electrons. The molecule has 1 aliphatic rings. The largest absolute Gasteiger partial charge is 0.491 e. The van der Waals surface area contributed by atoms with Gasteiger partial charge in [-0.05, 0) is 38.5 Å². The summed E-state index contributed by atoms with van der Waals surface area (Å²) in [6, 6.07) is 7.12. The molecule has 0 N–H and O–H groups in total. The Hall–Kier alpha value is -2.37. The Bertz CT molecular complexity index is 594. The Morgan fingerprint density at radius 3 is 2.48 bits per heavy atom. The molecule has 1 aliphatic heterocycles. The number of esters is 1. The van der Waals surface area contributed by atoms with E-state index in [0.717, 1.165) is 10.5 Å². The first kappa shape index (κ1) is 17.0. The normalized spacial score (nSPS) is 17.7. The molecule has 2 amide bonds. The van der Waals surface area contributed by atoms with Crippen LogP contribution in [0.2, 0.25) is 0 Å². The molecular formula is C17H21NO5. The van der Waals surface area contributed by atoms with Crippen molar-refractivity contribution in [2.75, 3.05) is 13.2 Å². The van der Waals surface area contributed by atoms with Crippen LogP contribution in [0.3, 0.4) is 0 Å². The summed E-state index contributed by atoms with van der Waals surface area (Å²) in [6.45, 7) is 5.43. The maximum Gasteiger partial charge on any atom is 0.326 e. The summed E-state index contributed by atoms with van der Waals surface area (Å²) in [6.07, 6.45) is 0.137. The van der Waals surface area contributed by atoms with Gasteiger partial charge in [0.15, 0.2) is 0 Å². The summed E-state index contributed by atoms with van der Waals surface area (Å²) in [5.41, 5.74) is 0.741. The number of hydrogen-bond donors (Lipinski definition) is 0. The molecule has 1 atom stereocenters.